The number of esters is 1. The Bertz CT molecular complexity index is 554. The highest BCUT2D eigenvalue weighted by atomic mass is 19.1. The van der Waals surface area contributed by atoms with Gasteiger partial charge in [0.15, 0.2) is 0 Å². The molecule has 1 aromatic heterocycles. The van der Waals surface area contributed by atoms with Crippen molar-refractivity contribution < 1.29 is 18.7 Å². The maximum Gasteiger partial charge on any atom is 0.326 e. The lowest BCUT2D eigenvalue weighted by Crippen LogP contribution is -2.43. The molecule has 0 spiro atoms. The van der Waals surface area contributed by atoms with Crippen molar-refractivity contribution in [1.29, 1.82) is 0 Å². The minimum absolute atomic E-state index is 0.116. The average Bonchev–Trinajstić information content (AvgIpc) is 2.28. The second-order valence-electron chi connectivity index (χ2n) is 5.53. The number of fused-ring (bicyclic) bond motifs is 1. The van der Waals surface area contributed by atoms with Crippen molar-refractivity contribution >= 4 is 17.8 Å². The lowest BCUT2D eigenvalue weighted by molar-refractivity contribution is -0.155. The molecule has 2 rings (SSSR count). The molecule has 6 nitrogen and oxygen atoms in total. The van der Waals surface area contributed by atoms with E-state index in [0.717, 1.165) is 6.20 Å². The second-order valence-corrected chi connectivity index (χ2v) is 5.53. The van der Waals surface area contributed by atoms with Gasteiger partial charge in [-0.2, -0.15) is 0 Å². The van der Waals surface area contributed by atoms with E-state index in [2.05, 4.69) is 10.3 Å². The molecule has 1 aliphatic heterocycles. The van der Waals surface area contributed by atoms with Crippen LogP contribution in [0.15, 0.2) is 12.3 Å². The first-order valence-electron chi connectivity index (χ1n) is 6.17. The fraction of sp³-hybridized carbons (Fsp3) is 0.462. The first kappa shape index (κ1) is 14.2. The smallest absolute Gasteiger partial charge is 0.326 e. The van der Waals surface area contributed by atoms with Gasteiger partial charge in [-0.05, 0) is 26.8 Å². The Morgan fingerprint density at radius 3 is 2.90 bits per heavy atom. The van der Waals surface area contributed by atoms with Gasteiger partial charge in [-0.15, -0.1) is 0 Å². The maximum absolute atomic E-state index is 13.1. The fourth-order valence-electron chi connectivity index (χ4n) is 1.83. The number of rotatable bonds is 2. The Kier molecular flexibility index (Phi) is 3.61. The van der Waals surface area contributed by atoms with Crippen LogP contribution in [0.5, 0.6) is 0 Å². The minimum atomic E-state index is -0.616. The number of carbonyl (C=O) groups excluding carboxylic acids is 2. The van der Waals surface area contributed by atoms with Crippen molar-refractivity contribution in [2.75, 3.05) is 11.9 Å². The van der Waals surface area contributed by atoms with Gasteiger partial charge in [0.1, 0.15) is 23.8 Å². The van der Waals surface area contributed by atoms with Gasteiger partial charge in [0.25, 0.3) is 0 Å². The first-order valence-corrected chi connectivity index (χ1v) is 6.17. The number of halogens is 1. The topological polar surface area (TPSA) is 71.5 Å². The zero-order valence-corrected chi connectivity index (χ0v) is 11.6. The summed E-state index contributed by atoms with van der Waals surface area (Å²) in [4.78, 5) is 28.6. The van der Waals surface area contributed by atoms with Gasteiger partial charge in [-0.1, -0.05) is 0 Å². The lowest BCUT2D eigenvalue weighted by Gasteiger charge is -2.29. The molecule has 0 saturated heterocycles. The van der Waals surface area contributed by atoms with E-state index in [4.69, 9.17) is 4.74 Å². The van der Waals surface area contributed by atoms with Crippen LogP contribution in [0.1, 0.15) is 26.3 Å². The number of hydrogen-bond acceptors (Lipinski definition) is 4. The molecule has 0 aromatic carbocycles. The predicted octanol–water partition coefficient (Wildman–Crippen LogP) is 1.91. The maximum atomic E-state index is 13.1. The van der Waals surface area contributed by atoms with E-state index in [1.165, 1.54) is 11.0 Å². The fourth-order valence-corrected chi connectivity index (χ4v) is 1.83. The van der Waals surface area contributed by atoms with Crippen LogP contribution in [-0.4, -0.2) is 34.0 Å². The minimum Gasteiger partial charge on any atom is -0.459 e. The SMILES string of the molecule is CC(C)(C)OC(=O)CN1Cc2cc(F)cnc2NC1=O. The predicted molar refractivity (Wildman–Crippen MR) is 69.5 cm³/mol. The number of carbonyl (C=O) groups is 2. The Hall–Kier alpha value is -2.18. The summed E-state index contributed by atoms with van der Waals surface area (Å²) >= 11 is 0. The van der Waals surface area contributed by atoms with Crippen LogP contribution in [0.25, 0.3) is 0 Å². The van der Waals surface area contributed by atoms with Gasteiger partial charge >= 0.3 is 12.0 Å². The molecule has 1 aliphatic rings. The van der Waals surface area contributed by atoms with Crippen LogP contribution in [0, 0.1) is 5.82 Å². The number of pyridine rings is 1. The number of hydrogen-bond donors (Lipinski definition) is 1. The van der Waals surface area contributed by atoms with Crippen molar-refractivity contribution in [3.05, 3.63) is 23.6 Å². The van der Waals surface area contributed by atoms with E-state index in [9.17, 15) is 14.0 Å². The summed E-state index contributed by atoms with van der Waals surface area (Å²) in [5.74, 6) is -0.686. The van der Waals surface area contributed by atoms with Gasteiger partial charge in [0.05, 0.1) is 12.7 Å². The summed E-state index contributed by atoms with van der Waals surface area (Å²) in [5.41, 5.74) is -0.0947. The van der Waals surface area contributed by atoms with E-state index < -0.39 is 23.4 Å². The number of aromatic nitrogens is 1. The Morgan fingerprint density at radius 2 is 2.25 bits per heavy atom. The number of ether oxygens (including phenoxy) is 1. The third kappa shape index (κ3) is 3.43. The lowest BCUT2D eigenvalue weighted by atomic mass is 10.2. The van der Waals surface area contributed by atoms with Crippen LogP contribution in [0.4, 0.5) is 15.0 Å². The molecule has 2 heterocycles. The largest absolute Gasteiger partial charge is 0.459 e. The molecule has 0 unspecified atom stereocenters. The quantitative estimate of drug-likeness (QED) is 0.840. The van der Waals surface area contributed by atoms with Crippen LogP contribution in [0.2, 0.25) is 0 Å². The zero-order valence-electron chi connectivity index (χ0n) is 11.6. The number of amides is 2. The molecule has 108 valence electrons. The monoisotopic (exact) mass is 281 g/mol. The number of urea groups is 1. The highest BCUT2D eigenvalue weighted by Crippen LogP contribution is 2.21. The molecule has 0 fully saturated rings. The Morgan fingerprint density at radius 1 is 1.55 bits per heavy atom. The van der Waals surface area contributed by atoms with E-state index >= 15 is 0 Å². The van der Waals surface area contributed by atoms with Gasteiger partial charge in [-0.25, -0.2) is 14.2 Å². The molecular formula is C13H16FN3O3. The third-order valence-corrected chi connectivity index (χ3v) is 2.55. The molecule has 20 heavy (non-hydrogen) atoms. The molecule has 0 bridgehead atoms. The Labute approximate surface area is 115 Å². The second kappa shape index (κ2) is 5.07. The van der Waals surface area contributed by atoms with Crippen molar-refractivity contribution in [3.8, 4) is 0 Å². The Balaban J connectivity index is 2.07. The zero-order chi connectivity index (χ0) is 14.9. The summed E-state index contributed by atoms with van der Waals surface area (Å²) < 4.78 is 18.3. The summed E-state index contributed by atoms with van der Waals surface area (Å²) in [7, 11) is 0. The van der Waals surface area contributed by atoms with E-state index in [1.807, 2.05) is 0 Å². The molecule has 0 atom stereocenters. The summed E-state index contributed by atoms with van der Waals surface area (Å²) in [6, 6.07) is 0.826. The van der Waals surface area contributed by atoms with E-state index in [0.29, 0.717) is 11.4 Å². The number of anilines is 1. The molecule has 7 heteroatoms. The molecule has 0 saturated carbocycles. The number of nitrogens with one attached hydrogen (secondary N) is 1. The summed E-state index contributed by atoms with van der Waals surface area (Å²) in [6.07, 6.45) is 1.03. The van der Waals surface area contributed by atoms with Crippen LogP contribution >= 0.6 is 0 Å². The first-order chi connectivity index (χ1) is 9.24. The van der Waals surface area contributed by atoms with Gasteiger partial charge in [-0.3, -0.25) is 10.1 Å². The standard InChI is InChI=1S/C13H16FN3O3/c1-13(2,3)20-10(18)7-17-6-8-4-9(14)5-15-11(8)16-12(17)19/h4-5H,6-7H2,1-3H3,(H,15,16,19). The van der Waals surface area contributed by atoms with Crippen LogP contribution < -0.4 is 5.32 Å². The summed E-state index contributed by atoms with van der Waals surface area (Å²) in [5, 5.41) is 2.51. The molecule has 1 N–H and O–H groups in total. The molecule has 1 aromatic rings. The highest BCUT2D eigenvalue weighted by molar-refractivity contribution is 5.93. The van der Waals surface area contributed by atoms with Crippen molar-refractivity contribution in [1.82, 2.24) is 9.88 Å². The third-order valence-electron chi connectivity index (χ3n) is 2.55. The van der Waals surface area contributed by atoms with Crippen LogP contribution in [-0.2, 0) is 16.1 Å². The van der Waals surface area contributed by atoms with E-state index in [-0.39, 0.29) is 13.1 Å². The average molecular weight is 281 g/mol. The van der Waals surface area contributed by atoms with Crippen LogP contribution in [0.3, 0.4) is 0 Å². The van der Waals surface area contributed by atoms with Gasteiger partial charge in [0, 0.05) is 5.56 Å². The van der Waals surface area contributed by atoms with Crippen molar-refractivity contribution in [2.24, 2.45) is 0 Å². The molecule has 0 aliphatic carbocycles. The van der Waals surface area contributed by atoms with E-state index in [1.54, 1.807) is 20.8 Å². The molecular weight excluding hydrogens is 265 g/mol. The van der Waals surface area contributed by atoms with Gasteiger partial charge in [0.2, 0.25) is 0 Å². The summed E-state index contributed by atoms with van der Waals surface area (Å²) in [6.45, 7) is 5.16. The van der Waals surface area contributed by atoms with Crippen molar-refractivity contribution in [3.63, 3.8) is 0 Å². The number of nitrogens with zero attached hydrogens (tertiary/aromatic N) is 2. The molecule has 2 amide bonds. The van der Waals surface area contributed by atoms with Gasteiger partial charge < -0.3 is 9.64 Å². The highest BCUT2D eigenvalue weighted by Gasteiger charge is 2.27. The normalized spacial score (nSPS) is 14.6. The molecule has 0 radical (unpaired) electrons. The van der Waals surface area contributed by atoms with Crippen molar-refractivity contribution in [2.45, 2.75) is 32.9 Å².